The van der Waals surface area contributed by atoms with E-state index in [4.69, 9.17) is 14.2 Å². The van der Waals surface area contributed by atoms with Gasteiger partial charge in [0.2, 0.25) is 5.90 Å². The topological polar surface area (TPSA) is 57.1 Å². The van der Waals surface area contributed by atoms with Crippen LogP contribution in [0.2, 0.25) is 0 Å². The number of carbonyl (C=O) groups is 1. The number of carbonyl (C=O) groups excluding carboxylic acids is 1. The van der Waals surface area contributed by atoms with Crippen LogP contribution in [0, 0.1) is 6.92 Å². The fourth-order valence-electron chi connectivity index (χ4n) is 2.65. The van der Waals surface area contributed by atoms with Crippen molar-refractivity contribution in [1.29, 1.82) is 0 Å². The number of hydrogen-bond acceptors (Lipinski definition) is 5. The van der Waals surface area contributed by atoms with Crippen molar-refractivity contribution in [1.82, 2.24) is 0 Å². The highest BCUT2D eigenvalue weighted by Gasteiger charge is 2.25. The quantitative estimate of drug-likeness (QED) is 0.418. The van der Waals surface area contributed by atoms with Crippen molar-refractivity contribution >= 4 is 17.9 Å². The van der Waals surface area contributed by atoms with Gasteiger partial charge in [-0.2, -0.15) is 0 Å². The number of hydrogen-bond donors (Lipinski definition) is 0. The van der Waals surface area contributed by atoms with Gasteiger partial charge < -0.3 is 14.2 Å². The summed E-state index contributed by atoms with van der Waals surface area (Å²) in [6.07, 6.45) is 3.34. The summed E-state index contributed by atoms with van der Waals surface area (Å²) in [6, 6.07) is 13.1. The molecule has 0 aliphatic carbocycles. The highest BCUT2D eigenvalue weighted by molar-refractivity contribution is 6.13. The highest BCUT2D eigenvalue weighted by Crippen LogP contribution is 2.30. The first kappa shape index (κ1) is 18.5. The van der Waals surface area contributed by atoms with Gasteiger partial charge in [-0.3, -0.25) is 0 Å². The molecule has 0 unspecified atom stereocenters. The van der Waals surface area contributed by atoms with Crippen LogP contribution in [-0.2, 0) is 9.53 Å². The molecule has 5 nitrogen and oxygen atoms in total. The van der Waals surface area contributed by atoms with Crippen LogP contribution in [0.5, 0.6) is 11.5 Å². The van der Waals surface area contributed by atoms with Crippen molar-refractivity contribution in [3.63, 3.8) is 0 Å². The highest BCUT2D eigenvalue weighted by atomic mass is 16.6. The number of rotatable bonds is 7. The van der Waals surface area contributed by atoms with Gasteiger partial charge in [0.05, 0.1) is 6.61 Å². The van der Waals surface area contributed by atoms with Crippen LogP contribution in [0.1, 0.15) is 23.6 Å². The molecule has 0 radical (unpaired) electrons. The van der Waals surface area contributed by atoms with E-state index in [-0.39, 0.29) is 5.70 Å². The summed E-state index contributed by atoms with van der Waals surface area (Å²) in [6.45, 7) is 8.38. The van der Waals surface area contributed by atoms with E-state index >= 15 is 0 Å². The Labute approximate surface area is 158 Å². The molecule has 27 heavy (non-hydrogen) atoms. The van der Waals surface area contributed by atoms with Crippen molar-refractivity contribution in [3.8, 4) is 11.5 Å². The second-order valence-corrected chi connectivity index (χ2v) is 5.89. The average molecular weight is 363 g/mol. The number of aliphatic imine (C=N–C) groups is 1. The molecule has 0 amide bonds. The van der Waals surface area contributed by atoms with Crippen LogP contribution < -0.4 is 9.47 Å². The van der Waals surface area contributed by atoms with Gasteiger partial charge in [0.15, 0.2) is 17.2 Å². The van der Waals surface area contributed by atoms with Gasteiger partial charge in [0.25, 0.3) is 0 Å². The average Bonchev–Trinajstić information content (AvgIpc) is 3.02. The Hall–Kier alpha value is -3.34. The van der Waals surface area contributed by atoms with Gasteiger partial charge in [-0.1, -0.05) is 36.9 Å². The molecule has 2 aromatic rings. The Morgan fingerprint density at radius 3 is 2.70 bits per heavy atom. The van der Waals surface area contributed by atoms with Crippen molar-refractivity contribution in [2.45, 2.75) is 13.8 Å². The first-order chi connectivity index (χ1) is 13.1. The van der Waals surface area contributed by atoms with E-state index in [1.54, 1.807) is 18.2 Å². The zero-order chi connectivity index (χ0) is 19.2. The summed E-state index contributed by atoms with van der Waals surface area (Å²) in [5.41, 5.74) is 2.81. The van der Waals surface area contributed by atoms with Gasteiger partial charge >= 0.3 is 5.97 Å². The normalized spacial score (nSPS) is 14.7. The molecule has 0 N–H and O–H groups in total. The van der Waals surface area contributed by atoms with Gasteiger partial charge in [0.1, 0.15) is 6.61 Å². The fourth-order valence-corrected chi connectivity index (χ4v) is 2.65. The van der Waals surface area contributed by atoms with Crippen molar-refractivity contribution in [3.05, 3.63) is 77.5 Å². The maximum Gasteiger partial charge on any atom is 0.363 e. The van der Waals surface area contributed by atoms with Crippen molar-refractivity contribution in [2.24, 2.45) is 4.99 Å². The molecule has 5 heteroatoms. The van der Waals surface area contributed by atoms with Crippen molar-refractivity contribution in [2.75, 3.05) is 13.2 Å². The van der Waals surface area contributed by atoms with E-state index in [0.717, 1.165) is 16.7 Å². The van der Waals surface area contributed by atoms with Crippen LogP contribution in [0.3, 0.4) is 0 Å². The van der Waals surface area contributed by atoms with Gasteiger partial charge in [-0.25, -0.2) is 9.79 Å². The van der Waals surface area contributed by atoms with Crippen LogP contribution in [-0.4, -0.2) is 25.1 Å². The largest absolute Gasteiger partial charge is 0.490 e. The molecule has 0 saturated heterocycles. The zero-order valence-electron chi connectivity index (χ0n) is 15.4. The molecule has 138 valence electrons. The Kier molecular flexibility index (Phi) is 5.71. The molecule has 0 atom stereocenters. The van der Waals surface area contributed by atoms with Gasteiger partial charge in [0, 0.05) is 5.56 Å². The van der Waals surface area contributed by atoms with Crippen LogP contribution in [0.4, 0.5) is 0 Å². The lowest BCUT2D eigenvalue weighted by Crippen LogP contribution is -2.06. The van der Waals surface area contributed by atoms with Crippen LogP contribution in [0.15, 0.2) is 65.8 Å². The molecule has 0 fully saturated rings. The molecule has 1 aliphatic rings. The van der Waals surface area contributed by atoms with E-state index < -0.39 is 5.97 Å². The number of aryl methyl sites for hydroxylation is 1. The van der Waals surface area contributed by atoms with Crippen LogP contribution >= 0.6 is 0 Å². The lowest BCUT2D eigenvalue weighted by molar-refractivity contribution is -0.129. The summed E-state index contributed by atoms with van der Waals surface area (Å²) >= 11 is 0. The summed E-state index contributed by atoms with van der Waals surface area (Å²) < 4.78 is 16.6. The second-order valence-electron chi connectivity index (χ2n) is 5.89. The minimum Gasteiger partial charge on any atom is -0.490 e. The van der Waals surface area contributed by atoms with Crippen LogP contribution in [0.25, 0.3) is 6.08 Å². The van der Waals surface area contributed by atoms with Crippen molar-refractivity contribution < 1.29 is 19.0 Å². The zero-order valence-corrected chi connectivity index (χ0v) is 15.4. The van der Waals surface area contributed by atoms with E-state index in [1.165, 1.54) is 0 Å². The third-order valence-corrected chi connectivity index (χ3v) is 3.92. The SMILES string of the molecule is C=CCOc1ccc(/C=C2\N=C(c3ccccc3C)OC2=O)cc1OCC. The van der Waals surface area contributed by atoms with E-state index in [2.05, 4.69) is 11.6 Å². The number of esters is 1. The Morgan fingerprint density at radius 1 is 1.15 bits per heavy atom. The number of ether oxygens (including phenoxy) is 3. The molecule has 0 aromatic heterocycles. The molecule has 1 aliphatic heterocycles. The molecule has 0 spiro atoms. The summed E-state index contributed by atoms with van der Waals surface area (Å²) in [5, 5.41) is 0. The molecule has 1 heterocycles. The maximum absolute atomic E-state index is 12.2. The predicted octanol–water partition coefficient (Wildman–Crippen LogP) is 4.30. The van der Waals surface area contributed by atoms with E-state index in [9.17, 15) is 4.79 Å². The summed E-state index contributed by atoms with van der Waals surface area (Å²) in [4.78, 5) is 16.6. The fraction of sp³-hybridized carbons (Fsp3) is 0.182. The third kappa shape index (κ3) is 4.26. The monoisotopic (exact) mass is 363 g/mol. The number of benzene rings is 2. The predicted molar refractivity (Wildman–Crippen MR) is 105 cm³/mol. The maximum atomic E-state index is 12.2. The first-order valence-corrected chi connectivity index (χ1v) is 8.71. The minimum atomic E-state index is -0.474. The van der Waals surface area contributed by atoms with Gasteiger partial charge in [-0.05, 0) is 49.2 Å². The molecule has 3 rings (SSSR count). The number of nitrogens with zero attached hydrogens (tertiary/aromatic N) is 1. The second kappa shape index (κ2) is 8.36. The summed E-state index contributed by atoms with van der Waals surface area (Å²) in [7, 11) is 0. The standard InChI is InChI=1S/C22H21NO4/c1-4-12-26-19-11-10-16(14-20(19)25-5-2)13-18-22(24)27-21(23-18)17-9-7-6-8-15(17)3/h4,6-11,13-14H,1,5,12H2,2-3H3/b18-13-. The molecular weight excluding hydrogens is 342 g/mol. The van der Waals surface area contributed by atoms with E-state index in [0.29, 0.717) is 30.6 Å². The third-order valence-electron chi connectivity index (χ3n) is 3.92. The first-order valence-electron chi connectivity index (χ1n) is 8.71. The lowest BCUT2D eigenvalue weighted by atomic mass is 10.1. The Morgan fingerprint density at radius 2 is 1.96 bits per heavy atom. The molecular formula is C22H21NO4. The minimum absolute atomic E-state index is 0.246. The molecule has 0 saturated carbocycles. The number of cyclic esters (lactones) is 1. The Balaban J connectivity index is 1.91. The molecule has 2 aromatic carbocycles. The lowest BCUT2D eigenvalue weighted by Gasteiger charge is -2.11. The molecule has 0 bridgehead atoms. The Bertz CT molecular complexity index is 928. The van der Waals surface area contributed by atoms with E-state index in [1.807, 2.05) is 50.2 Å². The summed E-state index contributed by atoms with van der Waals surface area (Å²) in [5.74, 6) is 1.07. The smallest absolute Gasteiger partial charge is 0.363 e. The van der Waals surface area contributed by atoms with Gasteiger partial charge in [-0.15, -0.1) is 0 Å².